The van der Waals surface area contributed by atoms with E-state index >= 15 is 0 Å². The highest BCUT2D eigenvalue weighted by Crippen LogP contribution is 2.16. The zero-order valence-electron chi connectivity index (χ0n) is 14.3. The van der Waals surface area contributed by atoms with E-state index in [4.69, 9.17) is 0 Å². The van der Waals surface area contributed by atoms with E-state index in [1.54, 1.807) is 6.07 Å². The Hall–Kier alpha value is -3.35. The summed E-state index contributed by atoms with van der Waals surface area (Å²) in [5.74, 6) is -1.12. The Morgan fingerprint density at radius 2 is 1.85 bits per heavy atom. The third kappa shape index (κ3) is 3.66. The van der Waals surface area contributed by atoms with Crippen molar-refractivity contribution in [2.24, 2.45) is 0 Å². The molecule has 7 heteroatoms. The quantitative estimate of drug-likeness (QED) is 0.783. The van der Waals surface area contributed by atoms with Gasteiger partial charge in [0, 0.05) is 5.56 Å². The largest absolute Gasteiger partial charge is 0.365 e. The van der Waals surface area contributed by atoms with E-state index in [0.717, 1.165) is 15.8 Å². The van der Waals surface area contributed by atoms with E-state index in [2.05, 4.69) is 15.4 Å². The smallest absolute Gasteiger partial charge is 0.322 e. The fourth-order valence-corrected chi connectivity index (χ4v) is 2.39. The van der Waals surface area contributed by atoms with Crippen molar-refractivity contribution in [3.05, 3.63) is 76.6 Å². The average molecular weight is 352 g/mol. The van der Waals surface area contributed by atoms with Crippen LogP contribution in [0.5, 0.6) is 0 Å². The van der Waals surface area contributed by atoms with Crippen LogP contribution in [0.1, 0.15) is 18.5 Å². The zero-order chi connectivity index (χ0) is 18.7. The van der Waals surface area contributed by atoms with Gasteiger partial charge in [-0.2, -0.15) is 10.1 Å². The van der Waals surface area contributed by atoms with Crippen molar-refractivity contribution in [2.75, 3.05) is 5.32 Å². The number of anilines is 1. The molecule has 1 unspecified atom stereocenters. The molecule has 26 heavy (non-hydrogen) atoms. The number of hydrogen-bond donors (Lipinski definition) is 1. The van der Waals surface area contributed by atoms with Crippen molar-refractivity contribution in [1.82, 2.24) is 14.8 Å². The van der Waals surface area contributed by atoms with Gasteiger partial charge in [-0.05, 0) is 26.0 Å². The van der Waals surface area contributed by atoms with Gasteiger partial charge in [0.15, 0.2) is 0 Å². The number of para-hydroxylation sites is 1. The van der Waals surface area contributed by atoms with E-state index < -0.39 is 23.5 Å². The monoisotopic (exact) mass is 352 g/mol. The lowest BCUT2D eigenvalue weighted by molar-refractivity contribution is -0.119. The van der Waals surface area contributed by atoms with E-state index in [9.17, 15) is 14.0 Å². The van der Waals surface area contributed by atoms with Crippen LogP contribution >= 0.6 is 0 Å². The first-order chi connectivity index (χ1) is 12.5. The second kappa shape index (κ2) is 7.26. The maximum Gasteiger partial charge on any atom is 0.365 e. The molecule has 0 saturated heterocycles. The van der Waals surface area contributed by atoms with Gasteiger partial charge in [-0.15, -0.1) is 0 Å². The second-order valence-corrected chi connectivity index (χ2v) is 5.88. The van der Waals surface area contributed by atoms with Gasteiger partial charge in [-0.3, -0.25) is 4.79 Å². The molecule has 0 aliphatic heterocycles. The van der Waals surface area contributed by atoms with Crippen LogP contribution in [0.15, 0.2) is 59.5 Å². The van der Waals surface area contributed by atoms with Gasteiger partial charge < -0.3 is 5.32 Å². The molecule has 6 nitrogen and oxygen atoms in total. The molecule has 2 aromatic carbocycles. The molecule has 1 heterocycles. The third-order valence-corrected chi connectivity index (χ3v) is 3.94. The molecule has 3 rings (SSSR count). The van der Waals surface area contributed by atoms with Crippen molar-refractivity contribution in [3.8, 4) is 11.3 Å². The molecule has 1 N–H and O–H groups in total. The molecular formula is C19H17FN4O2. The van der Waals surface area contributed by atoms with Crippen LogP contribution in [0.25, 0.3) is 11.3 Å². The predicted octanol–water partition coefficient (Wildman–Crippen LogP) is 2.95. The van der Waals surface area contributed by atoms with Crippen LogP contribution < -0.4 is 11.0 Å². The van der Waals surface area contributed by atoms with Gasteiger partial charge in [0.2, 0.25) is 5.91 Å². The van der Waals surface area contributed by atoms with Crippen LogP contribution in [-0.2, 0) is 4.79 Å². The summed E-state index contributed by atoms with van der Waals surface area (Å²) in [5.41, 5.74) is 1.66. The summed E-state index contributed by atoms with van der Waals surface area (Å²) in [6.45, 7) is 3.46. The van der Waals surface area contributed by atoms with E-state index in [1.165, 1.54) is 31.3 Å². The highest BCUT2D eigenvalue weighted by atomic mass is 19.1. The molecule has 0 fully saturated rings. The Kier molecular flexibility index (Phi) is 4.88. The number of rotatable bonds is 4. The molecule has 3 aromatic rings. The van der Waals surface area contributed by atoms with Gasteiger partial charge in [0.1, 0.15) is 11.9 Å². The number of hydrogen-bond acceptors (Lipinski definition) is 4. The summed E-state index contributed by atoms with van der Waals surface area (Å²) in [7, 11) is 0. The number of aryl methyl sites for hydroxylation is 1. The van der Waals surface area contributed by atoms with Gasteiger partial charge in [-0.1, -0.05) is 42.0 Å². The minimum absolute atomic E-state index is 0.0432. The molecule has 0 radical (unpaired) electrons. The molecule has 0 spiro atoms. The summed E-state index contributed by atoms with van der Waals surface area (Å²) >= 11 is 0. The molecule has 1 amide bonds. The number of nitrogens with one attached hydrogen (secondary N) is 1. The van der Waals surface area contributed by atoms with Crippen molar-refractivity contribution < 1.29 is 9.18 Å². The minimum Gasteiger partial charge on any atom is -0.322 e. The number of carbonyl (C=O) groups excluding carboxylic acids is 1. The number of halogens is 1. The van der Waals surface area contributed by atoms with Crippen molar-refractivity contribution in [1.29, 1.82) is 0 Å². The summed E-state index contributed by atoms with van der Waals surface area (Å²) in [4.78, 5) is 28.6. The van der Waals surface area contributed by atoms with Crippen molar-refractivity contribution in [2.45, 2.75) is 19.9 Å². The lowest BCUT2D eigenvalue weighted by Gasteiger charge is -2.14. The summed E-state index contributed by atoms with van der Waals surface area (Å²) in [6.07, 6.45) is 1.43. The number of aromatic nitrogens is 3. The Morgan fingerprint density at radius 1 is 1.15 bits per heavy atom. The maximum atomic E-state index is 13.7. The first-order valence-electron chi connectivity index (χ1n) is 8.04. The predicted molar refractivity (Wildman–Crippen MR) is 96.2 cm³/mol. The Bertz CT molecular complexity index is 999. The minimum atomic E-state index is -0.943. The average Bonchev–Trinajstić information content (AvgIpc) is 2.63. The number of carbonyl (C=O) groups is 1. The number of amides is 1. The zero-order valence-corrected chi connectivity index (χ0v) is 14.3. The normalized spacial score (nSPS) is 11.8. The van der Waals surface area contributed by atoms with Crippen molar-refractivity contribution in [3.63, 3.8) is 0 Å². The number of nitrogens with zero attached hydrogens (tertiary/aromatic N) is 3. The highest BCUT2D eigenvalue weighted by Gasteiger charge is 2.19. The molecule has 0 aliphatic rings. The van der Waals surface area contributed by atoms with E-state index in [1.807, 2.05) is 31.2 Å². The summed E-state index contributed by atoms with van der Waals surface area (Å²) in [5, 5.41) is 6.50. The lowest BCUT2D eigenvalue weighted by Crippen LogP contribution is -2.35. The molecule has 1 atom stereocenters. The fourth-order valence-electron chi connectivity index (χ4n) is 2.39. The Balaban J connectivity index is 1.82. The first kappa shape index (κ1) is 17.5. The Labute approximate surface area is 149 Å². The molecule has 0 bridgehead atoms. The molecule has 1 aromatic heterocycles. The standard InChI is InChI=1S/C19H17FN4O2/c1-12-7-9-14(10-8-12)17-11-21-24(19(26)23-17)13(2)18(25)22-16-6-4-3-5-15(16)20/h3-11,13H,1-2H3,(H,22,25). The second-order valence-electron chi connectivity index (χ2n) is 5.88. The van der Waals surface area contributed by atoms with Crippen molar-refractivity contribution >= 4 is 11.6 Å². The van der Waals surface area contributed by atoms with E-state index in [-0.39, 0.29) is 5.69 Å². The van der Waals surface area contributed by atoms with Crippen LogP contribution in [0, 0.1) is 12.7 Å². The van der Waals surface area contributed by atoms with Gasteiger partial charge >= 0.3 is 5.69 Å². The van der Waals surface area contributed by atoms with Crippen LogP contribution in [0.2, 0.25) is 0 Å². The molecule has 132 valence electrons. The topological polar surface area (TPSA) is 76.9 Å². The first-order valence-corrected chi connectivity index (χ1v) is 8.04. The molecule has 0 aliphatic carbocycles. The third-order valence-electron chi connectivity index (χ3n) is 3.94. The lowest BCUT2D eigenvalue weighted by atomic mass is 10.1. The fraction of sp³-hybridized carbons (Fsp3) is 0.158. The van der Waals surface area contributed by atoms with Gasteiger partial charge in [0.25, 0.3) is 0 Å². The molecule has 0 saturated carbocycles. The van der Waals surface area contributed by atoms with Crippen LogP contribution in [0.4, 0.5) is 10.1 Å². The maximum absolute atomic E-state index is 13.7. The number of benzene rings is 2. The summed E-state index contributed by atoms with van der Waals surface area (Å²) in [6, 6.07) is 12.4. The van der Waals surface area contributed by atoms with Crippen LogP contribution in [0.3, 0.4) is 0 Å². The SMILES string of the molecule is Cc1ccc(-c2cnn(C(C)C(=O)Nc3ccccc3F)c(=O)n2)cc1. The summed E-state index contributed by atoms with van der Waals surface area (Å²) < 4.78 is 14.6. The van der Waals surface area contributed by atoms with Crippen LogP contribution in [-0.4, -0.2) is 20.7 Å². The molecular weight excluding hydrogens is 335 g/mol. The van der Waals surface area contributed by atoms with Gasteiger partial charge in [0.05, 0.1) is 17.6 Å². The Morgan fingerprint density at radius 3 is 2.50 bits per heavy atom. The van der Waals surface area contributed by atoms with Gasteiger partial charge in [-0.25, -0.2) is 13.9 Å². The van der Waals surface area contributed by atoms with E-state index in [0.29, 0.717) is 5.69 Å². The highest BCUT2D eigenvalue weighted by molar-refractivity contribution is 5.93.